The summed E-state index contributed by atoms with van der Waals surface area (Å²) in [5.74, 6) is -0.441. The van der Waals surface area contributed by atoms with Gasteiger partial charge in [-0.3, -0.25) is 10.1 Å². The first-order valence-corrected chi connectivity index (χ1v) is 9.40. The van der Waals surface area contributed by atoms with E-state index in [1.165, 1.54) is 12.1 Å². The number of thiophene rings is 1. The first kappa shape index (κ1) is 18.6. The molecule has 134 valence electrons. The minimum absolute atomic E-state index is 0.156. The monoisotopic (exact) mass is 388 g/mol. The highest BCUT2D eigenvalue weighted by atomic mass is 35.5. The number of anilines is 1. The van der Waals surface area contributed by atoms with Crippen molar-refractivity contribution < 1.29 is 9.18 Å². The Kier molecular flexibility index (Phi) is 6.04. The van der Waals surface area contributed by atoms with Crippen LogP contribution < -0.4 is 10.6 Å². The van der Waals surface area contributed by atoms with Crippen LogP contribution in [0, 0.1) is 5.82 Å². The zero-order valence-electron chi connectivity index (χ0n) is 14.1. The predicted molar refractivity (Wildman–Crippen MR) is 105 cm³/mol. The van der Waals surface area contributed by atoms with Gasteiger partial charge in [-0.1, -0.05) is 29.8 Å². The van der Waals surface area contributed by atoms with Crippen molar-refractivity contribution in [3.63, 3.8) is 0 Å². The van der Waals surface area contributed by atoms with Crippen molar-refractivity contribution in [2.75, 3.05) is 5.32 Å². The lowest BCUT2D eigenvalue weighted by Crippen LogP contribution is -2.40. The average molecular weight is 389 g/mol. The molecule has 0 aliphatic rings. The summed E-state index contributed by atoms with van der Waals surface area (Å²) >= 11 is 7.45. The third-order valence-corrected chi connectivity index (χ3v) is 5.14. The molecule has 1 heterocycles. The van der Waals surface area contributed by atoms with Crippen molar-refractivity contribution in [1.82, 2.24) is 5.32 Å². The van der Waals surface area contributed by atoms with E-state index in [-0.39, 0.29) is 17.8 Å². The molecule has 3 aromatic rings. The van der Waals surface area contributed by atoms with Gasteiger partial charge in [-0.25, -0.2) is 4.39 Å². The Hall–Kier alpha value is -2.21. The molecule has 3 nitrogen and oxygen atoms in total. The van der Waals surface area contributed by atoms with E-state index in [1.54, 1.807) is 54.7 Å². The lowest BCUT2D eigenvalue weighted by atomic mass is 10.0. The van der Waals surface area contributed by atoms with Crippen LogP contribution in [-0.4, -0.2) is 11.9 Å². The van der Waals surface area contributed by atoms with Gasteiger partial charge in [0.1, 0.15) is 5.82 Å². The molecule has 0 aliphatic heterocycles. The van der Waals surface area contributed by atoms with Crippen molar-refractivity contribution in [3.8, 4) is 0 Å². The number of carbonyl (C=O) groups excluding carboxylic acids is 1. The second kappa shape index (κ2) is 8.45. The molecule has 2 N–H and O–H groups in total. The number of benzene rings is 2. The van der Waals surface area contributed by atoms with Crippen LogP contribution in [0.3, 0.4) is 0 Å². The van der Waals surface area contributed by atoms with Crippen LogP contribution in [0.2, 0.25) is 5.02 Å². The standard InChI is InChI=1S/C20H18ClFN2OS/c1-13(20(25)24-17-10-6-15(21)7-11-17)23-19(18-3-2-12-26-18)14-4-8-16(22)9-5-14/h2-13,19,23H,1H3,(H,24,25). The van der Waals surface area contributed by atoms with E-state index < -0.39 is 6.04 Å². The maximum Gasteiger partial charge on any atom is 0.241 e. The van der Waals surface area contributed by atoms with Crippen LogP contribution in [-0.2, 0) is 4.79 Å². The minimum atomic E-state index is -0.456. The van der Waals surface area contributed by atoms with Crippen molar-refractivity contribution in [2.24, 2.45) is 0 Å². The van der Waals surface area contributed by atoms with Crippen LogP contribution in [0.25, 0.3) is 0 Å². The van der Waals surface area contributed by atoms with Crippen molar-refractivity contribution in [3.05, 3.63) is 87.3 Å². The molecule has 0 aliphatic carbocycles. The van der Waals surface area contributed by atoms with Crippen molar-refractivity contribution in [2.45, 2.75) is 19.0 Å². The third kappa shape index (κ3) is 4.69. The third-order valence-electron chi connectivity index (χ3n) is 3.95. The average Bonchev–Trinajstić information content (AvgIpc) is 3.16. The molecule has 0 saturated carbocycles. The number of amides is 1. The minimum Gasteiger partial charge on any atom is -0.325 e. The molecule has 2 unspecified atom stereocenters. The Morgan fingerprint density at radius 2 is 1.77 bits per heavy atom. The molecule has 6 heteroatoms. The van der Waals surface area contributed by atoms with E-state index in [1.807, 2.05) is 17.5 Å². The van der Waals surface area contributed by atoms with Gasteiger partial charge < -0.3 is 5.32 Å². The summed E-state index contributed by atoms with van der Waals surface area (Å²) in [6.07, 6.45) is 0. The largest absolute Gasteiger partial charge is 0.325 e. The summed E-state index contributed by atoms with van der Waals surface area (Å²) in [6, 6.07) is 16.6. The molecule has 2 aromatic carbocycles. The molecular formula is C20H18ClFN2OS. The molecule has 0 saturated heterocycles. The summed E-state index contributed by atoms with van der Waals surface area (Å²) < 4.78 is 13.3. The summed E-state index contributed by atoms with van der Waals surface area (Å²) in [5, 5.41) is 8.79. The molecule has 26 heavy (non-hydrogen) atoms. The van der Waals surface area contributed by atoms with E-state index in [0.29, 0.717) is 10.7 Å². The maximum atomic E-state index is 13.3. The van der Waals surface area contributed by atoms with E-state index in [0.717, 1.165) is 10.4 Å². The van der Waals surface area contributed by atoms with Gasteiger partial charge in [-0.2, -0.15) is 0 Å². The van der Waals surface area contributed by atoms with Gasteiger partial charge in [0.15, 0.2) is 0 Å². The van der Waals surface area contributed by atoms with Crippen LogP contribution in [0.4, 0.5) is 10.1 Å². The first-order valence-electron chi connectivity index (χ1n) is 8.14. The fourth-order valence-corrected chi connectivity index (χ4v) is 3.50. The summed E-state index contributed by atoms with van der Waals surface area (Å²) in [4.78, 5) is 13.6. The Bertz CT molecular complexity index is 851. The number of nitrogens with one attached hydrogen (secondary N) is 2. The number of rotatable bonds is 6. The molecular weight excluding hydrogens is 371 g/mol. The maximum absolute atomic E-state index is 13.3. The first-order chi connectivity index (χ1) is 12.5. The molecule has 0 bridgehead atoms. The Balaban J connectivity index is 1.74. The summed E-state index contributed by atoms with van der Waals surface area (Å²) in [7, 11) is 0. The van der Waals surface area contributed by atoms with Crippen molar-refractivity contribution >= 4 is 34.5 Å². The van der Waals surface area contributed by atoms with Crippen LogP contribution in [0.15, 0.2) is 66.0 Å². The lowest BCUT2D eigenvalue weighted by molar-refractivity contribution is -0.117. The molecule has 2 atom stereocenters. The molecule has 1 aromatic heterocycles. The van der Waals surface area contributed by atoms with Gasteiger partial charge in [-0.15, -0.1) is 11.3 Å². The predicted octanol–water partition coefficient (Wildman–Crippen LogP) is 5.25. The smallest absolute Gasteiger partial charge is 0.241 e. The van der Waals surface area contributed by atoms with E-state index >= 15 is 0 Å². The van der Waals surface area contributed by atoms with Crippen LogP contribution in [0.1, 0.15) is 23.4 Å². The van der Waals surface area contributed by atoms with Crippen LogP contribution in [0.5, 0.6) is 0 Å². The van der Waals surface area contributed by atoms with Gasteiger partial charge in [-0.05, 0) is 60.3 Å². The fourth-order valence-electron chi connectivity index (χ4n) is 2.56. The SMILES string of the molecule is CC(NC(c1ccc(F)cc1)c1cccs1)C(=O)Nc1ccc(Cl)cc1. The van der Waals surface area contributed by atoms with Crippen LogP contribution >= 0.6 is 22.9 Å². The molecule has 0 fully saturated rings. The fraction of sp³-hybridized carbons (Fsp3) is 0.150. The number of hydrogen-bond donors (Lipinski definition) is 2. The number of hydrogen-bond acceptors (Lipinski definition) is 3. The van der Waals surface area contributed by atoms with Gasteiger partial charge in [0.25, 0.3) is 0 Å². The number of halogens is 2. The zero-order chi connectivity index (χ0) is 18.5. The second-order valence-corrected chi connectivity index (χ2v) is 7.30. The van der Waals surface area contributed by atoms with Gasteiger partial charge in [0.05, 0.1) is 12.1 Å². The second-order valence-electron chi connectivity index (χ2n) is 5.88. The molecule has 1 amide bonds. The molecule has 3 rings (SSSR count). The molecule has 0 spiro atoms. The highest BCUT2D eigenvalue weighted by Crippen LogP contribution is 2.27. The zero-order valence-corrected chi connectivity index (χ0v) is 15.7. The molecule has 0 radical (unpaired) electrons. The number of carbonyl (C=O) groups is 1. The Morgan fingerprint density at radius 3 is 2.38 bits per heavy atom. The van der Waals surface area contributed by atoms with Crippen molar-refractivity contribution in [1.29, 1.82) is 0 Å². The summed E-state index contributed by atoms with van der Waals surface area (Å²) in [6.45, 7) is 1.80. The highest BCUT2D eigenvalue weighted by molar-refractivity contribution is 7.10. The van der Waals surface area contributed by atoms with E-state index in [4.69, 9.17) is 11.6 Å². The quantitative estimate of drug-likeness (QED) is 0.605. The van der Waals surface area contributed by atoms with E-state index in [2.05, 4.69) is 10.6 Å². The van der Waals surface area contributed by atoms with E-state index in [9.17, 15) is 9.18 Å². The Morgan fingerprint density at radius 1 is 1.08 bits per heavy atom. The normalized spacial score (nSPS) is 13.2. The van der Waals surface area contributed by atoms with Gasteiger partial charge >= 0.3 is 0 Å². The lowest BCUT2D eigenvalue weighted by Gasteiger charge is -2.22. The Labute approximate surface area is 160 Å². The van der Waals surface area contributed by atoms with Gasteiger partial charge in [0.2, 0.25) is 5.91 Å². The highest BCUT2D eigenvalue weighted by Gasteiger charge is 2.21. The summed E-state index contributed by atoms with van der Waals surface area (Å²) in [5.41, 5.74) is 1.59. The topological polar surface area (TPSA) is 41.1 Å². The van der Waals surface area contributed by atoms with Gasteiger partial charge in [0, 0.05) is 15.6 Å².